The van der Waals surface area contributed by atoms with Crippen LogP contribution in [-0.4, -0.2) is 52.2 Å². The minimum atomic E-state index is -1.03. The Hall–Kier alpha value is -3.95. The molecule has 10 nitrogen and oxygen atoms in total. The third-order valence-electron chi connectivity index (χ3n) is 5.05. The lowest BCUT2D eigenvalue weighted by Gasteiger charge is -2.27. The number of fused-ring (bicyclic) bond motifs is 1. The van der Waals surface area contributed by atoms with E-state index in [0.717, 1.165) is 4.90 Å². The molecule has 6 amide bonds. The van der Waals surface area contributed by atoms with Crippen LogP contribution in [0.15, 0.2) is 42.6 Å². The highest BCUT2D eigenvalue weighted by Gasteiger charge is 2.45. The van der Waals surface area contributed by atoms with Gasteiger partial charge in [0, 0.05) is 19.2 Å². The molecule has 10 heteroatoms. The Labute approximate surface area is 171 Å². The van der Waals surface area contributed by atoms with Crippen molar-refractivity contribution in [3.8, 4) is 0 Å². The van der Waals surface area contributed by atoms with Gasteiger partial charge in [-0.3, -0.25) is 34.4 Å². The van der Waals surface area contributed by atoms with Crippen molar-refractivity contribution in [1.82, 2.24) is 26.0 Å². The van der Waals surface area contributed by atoms with Crippen LogP contribution in [0.3, 0.4) is 0 Å². The number of allylic oxidation sites excluding steroid dienone is 2. The lowest BCUT2D eigenvalue weighted by molar-refractivity contribution is -0.136. The summed E-state index contributed by atoms with van der Waals surface area (Å²) in [5.74, 6) is -2.28. The summed E-state index contributed by atoms with van der Waals surface area (Å²) in [5.41, 5.74) is 3.44. The quantitative estimate of drug-likeness (QED) is 0.609. The van der Waals surface area contributed by atoms with Gasteiger partial charge in [-0.2, -0.15) is 0 Å². The predicted molar refractivity (Wildman–Crippen MR) is 103 cm³/mol. The van der Waals surface area contributed by atoms with Crippen LogP contribution in [0, 0.1) is 0 Å². The van der Waals surface area contributed by atoms with Gasteiger partial charge in [-0.25, -0.2) is 10.2 Å². The number of hydrogen-bond donors (Lipinski definition) is 3. The molecule has 154 valence electrons. The van der Waals surface area contributed by atoms with Crippen LogP contribution in [0.1, 0.15) is 39.1 Å². The van der Waals surface area contributed by atoms with E-state index in [9.17, 15) is 24.0 Å². The van der Waals surface area contributed by atoms with Crippen LogP contribution in [-0.2, 0) is 16.1 Å². The minimum Gasteiger partial charge on any atom is -0.333 e. The Morgan fingerprint density at radius 1 is 1.13 bits per heavy atom. The molecule has 0 radical (unpaired) electrons. The van der Waals surface area contributed by atoms with Crippen LogP contribution >= 0.6 is 0 Å². The largest absolute Gasteiger partial charge is 0.333 e. The van der Waals surface area contributed by atoms with Crippen molar-refractivity contribution in [2.45, 2.75) is 25.4 Å². The molecule has 30 heavy (non-hydrogen) atoms. The fourth-order valence-corrected chi connectivity index (χ4v) is 3.63. The zero-order valence-corrected chi connectivity index (χ0v) is 15.9. The lowest BCUT2D eigenvalue weighted by Crippen LogP contribution is -2.54. The van der Waals surface area contributed by atoms with E-state index in [1.165, 1.54) is 6.07 Å². The van der Waals surface area contributed by atoms with E-state index in [0.29, 0.717) is 12.1 Å². The monoisotopic (exact) mass is 409 g/mol. The van der Waals surface area contributed by atoms with Crippen molar-refractivity contribution in [3.05, 3.63) is 59.3 Å². The molecule has 0 aromatic heterocycles. The zero-order valence-electron chi connectivity index (χ0n) is 15.9. The number of carbonyl (C=O) groups excluding carboxylic acids is 5. The number of carbonyl (C=O) groups is 5. The van der Waals surface area contributed by atoms with Gasteiger partial charge in [0.1, 0.15) is 6.04 Å². The number of rotatable bonds is 4. The molecule has 1 atom stereocenters. The van der Waals surface area contributed by atoms with E-state index < -0.39 is 35.7 Å². The summed E-state index contributed by atoms with van der Waals surface area (Å²) in [6, 6.07) is 3.27. The van der Waals surface area contributed by atoms with Crippen molar-refractivity contribution < 1.29 is 24.0 Å². The number of hydrazine groups is 1. The number of imide groups is 2. The summed E-state index contributed by atoms with van der Waals surface area (Å²) in [4.78, 5) is 62.4. The highest BCUT2D eigenvalue weighted by molar-refractivity contribution is 6.24. The van der Waals surface area contributed by atoms with E-state index in [2.05, 4.69) is 16.1 Å². The summed E-state index contributed by atoms with van der Waals surface area (Å²) < 4.78 is 0. The third kappa shape index (κ3) is 3.54. The first-order chi connectivity index (χ1) is 14.5. The first kappa shape index (κ1) is 19.4. The fraction of sp³-hybridized carbons (Fsp3) is 0.250. The Balaban J connectivity index is 1.48. The minimum absolute atomic E-state index is 0.0185. The highest BCUT2D eigenvalue weighted by Crippen LogP contribution is 2.29. The third-order valence-corrected chi connectivity index (χ3v) is 5.05. The van der Waals surface area contributed by atoms with Gasteiger partial charge in [0.2, 0.25) is 11.8 Å². The van der Waals surface area contributed by atoms with Crippen molar-refractivity contribution >= 4 is 29.7 Å². The van der Waals surface area contributed by atoms with Gasteiger partial charge in [-0.05, 0) is 24.1 Å². The van der Waals surface area contributed by atoms with Gasteiger partial charge in [0.05, 0.1) is 17.7 Å². The number of amides is 6. The first-order valence-corrected chi connectivity index (χ1v) is 9.43. The molecule has 1 aromatic carbocycles. The van der Waals surface area contributed by atoms with E-state index in [-0.39, 0.29) is 30.5 Å². The maximum absolute atomic E-state index is 13.0. The smallest absolute Gasteiger partial charge is 0.333 e. The number of nitrogens with one attached hydrogen (secondary N) is 3. The van der Waals surface area contributed by atoms with Gasteiger partial charge < -0.3 is 5.32 Å². The number of urea groups is 1. The van der Waals surface area contributed by atoms with Crippen molar-refractivity contribution in [3.63, 3.8) is 0 Å². The predicted octanol–water partition coefficient (Wildman–Crippen LogP) is 0.188. The molecule has 4 rings (SSSR count). The molecule has 0 saturated carbocycles. The summed E-state index contributed by atoms with van der Waals surface area (Å²) in [6.45, 7) is 0.545. The summed E-state index contributed by atoms with van der Waals surface area (Å²) >= 11 is 0. The van der Waals surface area contributed by atoms with Crippen LogP contribution in [0.2, 0.25) is 0 Å². The van der Waals surface area contributed by atoms with E-state index in [4.69, 9.17) is 0 Å². The van der Waals surface area contributed by atoms with Gasteiger partial charge in [0.25, 0.3) is 11.8 Å². The van der Waals surface area contributed by atoms with Crippen molar-refractivity contribution in [1.29, 1.82) is 0 Å². The Bertz CT molecular complexity index is 1010. The van der Waals surface area contributed by atoms with Gasteiger partial charge in [0.15, 0.2) is 0 Å². The molecule has 1 aromatic rings. The Morgan fingerprint density at radius 2 is 1.97 bits per heavy atom. The molecule has 1 fully saturated rings. The van der Waals surface area contributed by atoms with Gasteiger partial charge in [-0.1, -0.05) is 24.3 Å². The van der Waals surface area contributed by atoms with Crippen LogP contribution in [0.25, 0.3) is 0 Å². The van der Waals surface area contributed by atoms with Gasteiger partial charge in [-0.15, -0.1) is 0 Å². The van der Waals surface area contributed by atoms with Crippen LogP contribution < -0.4 is 16.1 Å². The molecule has 1 unspecified atom stereocenters. The Morgan fingerprint density at radius 3 is 2.70 bits per heavy atom. The van der Waals surface area contributed by atoms with Crippen LogP contribution in [0.4, 0.5) is 4.79 Å². The Kier molecular flexibility index (Phi) is 5.05. The number of nitrogens with zero attached hydrogens (tertiary/aromatic N) is 2. The summed E-state index contributed by atoms with van der Waals surface area (Å²) in [7, 11) is 0. The second-order valence-corrected chi connectivity index (χ2v) is 7.00. The average molecular weight is 409 g/mol. The van der Waals surface area contributed by atoms with Crippen molar-refractivity contribution in [2.75, 3.05) is 6.54 Å². The van der Waals surface area contributed by atoms with Crippen molar-refractivity contribution in [2.24, 2.45) is 0 Å². The first-order valence-electron chi connectivity index (χ1n) is 9.43. The average Bonchev–Trinajstić information content (AvgIpc) is 2.98. The van der Waals surface area contributed by atoms with E-state index in [1.54, 1.807) is 29.4 Å². The molecule has 3 N–H and O–H groups in total. The molecule has 1 saturated heterocycles. The molecular weight excluding hydrogens is 390 g/mol. The lowest BCUT2D eigenvalue weighted by atomic mass is 10.0. The molecule has 3 aliphatic heterocycles. The second-order valence-electron chi connectivity index (χ2n) is 7.00. The topological polar surface area (TPSA) is 128 Å². The normalized spacial score (nSPS) is 20.3. The van der Waals surface area contributed by atoms with E-state index in [1.807, 2.05) is 12.2 Å². The zero-order chi connectivity index (χ0) is 21.3. The van der Waals surface area contributed by atoms with Crippen LogP contribution in [0.5, 0.6) is 0 Å². The standard InChI is InChI=1S/C20H19N5O5/c26-15-8-7-14(17(27)22-15)25-18(28)13-6-4-5-12(16(13)19(25)29)11-21-20(30)23-24-9-2-1-3-10-24/h1-6,9,14H,7-8,10-11H2,(H2,21,23,30)(H,22,26,27). The summed E-state index contributed by atoms with van der Waals surface area (Å²) in [6.07, 6.45) is 7.36. The second kappa shape index (κ2) is 7.82. The van der Waals surface area contributed by atoms with E-state index >= 15 is 0 Å². The molecule has 0 spiro atoms. The highest BCUT2D eigenvalue weighted by atomic mass is 16.2. The fourth-order valence-electron chi connectivity index (χ4n) is 3.63. The number of hydrogen-bond acceptors (Lipinski definition) is 6. The SMILES string of the molecule is O=C1CCC(N2C(=O)c3cccc(CNC(=O)NN4C=CC=CC4)c3C2=O)C(=O)N1. The van der Waals surface area contributed by atoms with Gasteiger partial charge >= 0.3 is 6.03 Å². The molecule has 0 bridgehead atoms. The number of piperidine rings is 1. The summed E-state index contributed by atoms with van der Waals surface area (Å²) in [5, 5.41) is 6.42. The molecule has 3 aliphatic rings. The maximum Gasteiger partial charge on any atom is 0.333 e. The molecule has 3 heterocycles. The molecular formula is C20H19N5O5. The molecule has 0 aliphatic carbocycles. The maximum atomic E-state index is 13.0. The number of benzene rings is 1.